The zero-order valence-electron chi connectivity index (χ0n) is 20.0. The van der Waals surface area contributed by atoms with E-state index in [0.717, 1.165) is 54.1 Å². The van der Waals surface area contributed by atoms with Gasteiger partial charge >= 0.3 is 0 Å². The highest BCUT2D eigenvalue weighted by Crippen LogP contribution is 2.35. The van der Waals surface area contributed by atoms with E-state index in [0.29, 0.717) is 11.6 Å². The third kappa shape index (κ3) is 4.75. The van der Waals surface area contributed by atoms with Gasteiger partial charge in [0.1, 0.15) is 5.69 Å². The smallest absolute Gasteiger partial charge is 0.270 e. The lowest BCUT2D eigenvalue weighted by molar-refractivity contribution is 0.0928. The summed E-state index contributed by atoms with van der Waals surface area (Å²) in [5.74, 6) is 0.527. The van der Waals surface area contributed by atoms with Crippen molar-refractivity contribution in [3.63, 3.8) is 0 Å². The maximum absolute atomic E-state index is 13.0. The van der Waals surface area contributed by atoms with Gasteiger partial charge in [0.05, 0.1) is 0 Å². The topological polar surface area (TPSA) is 54.0 Å². The molecule has 2 N–H and O–H groups in total. The largest absolute Gasteiger partial charge is 0.348 e. The highest BCUT2D eigenvalue weighted by Gasteiger charge is 2.27. The van der Waals surface area contributed by atoms with Gasteiger partial charge < -0.3 is 10.6 Å². The van der Waals surface area contributed by atoms with Crippen molar-refractivity contribution in [3.8, 4) is 11.1 Å². The zero-order chi connectivity index (χ0) is 23.7. The van der Waals surface area contributed by atoms with E-state index in [4.69, 9.17) is 11.6 Å². The number of carbonyl (C=O) groups excluding carboxylic acids is 1. The molecule has 1 atom stereocenters. The van der Waals surface area contributed by atoms with E-state index in [9.17, 15) is 4.79 Å². The molecular formula is C29H32ClN3O. The Labute approximate surface area is 207 Å². The number of hydrogen-bond donors (Lipinski definition) is 2. The number of aryl methyl sites for hydroxylation is 2. The molecule has 34 heavy (non-hydrogen) atoms. The van der Waals surface area contributed by atoms with E-state index < -0.39 is 0 Å². The Morgan fingerprint density at radius 3 is 2.56 bits per heavy atom. The van der Waals surface area contributed by atoms with Crippen LogP contribution in [0.2, 0.25) is 5.02 Å². The summed E-state index contributed by atoms with van der Waals surface area (Å²) in [7, 11) is 0. The molecule has 5 heteroatoms. The summed E-state index contributed by atoms with van der Waals surface area (Å²) < 4.78 is 0. The number of fused-ring (bicyclic) bond motifs is 1. The number of benzene rings is 2. The third-order valence-electron chi connectivity index (χ3n) is 7.50. The van der Waals surface area contributed by atoms with Gasteiger partial charge in [0, 0.05) is 22.8 Å². The van der Waals surface area contributed by atoms with Crippen molar-refractivity contribution in [1.29, 1.82) is 0 Å². The predicted molar refractivity (Wildman–Crippen MR) is 139 cm³/mol. The van der Waals surface area contributed by atoms with E-state index in [1.54, 1.807) is 6.20 Å². The lowest BCUT2D eigenvalue weighted by Gasteiger charge is -2.32. The molecule has 3 aromatic rings. The zero-order valence-corrected chi connectivity index (χ0v) is 20.7. The van der Waals surface area contributed by atoms with Gasteiger partial charge in [0.2, 0.25) is 0 Å². The summed E-state index contributed by atoms with van der Waals surface area (Å²) in [6.45, 7) is 6.43. The third-order valence-corrected chi connectivity index (χ3v) is 7.74. The fraction of sp³-hybridized carbons (Fsp3) is 0.379. The molecular weight excluding hydrogens is 442 g/mol. The minimum Gasteiger partial charge on any atom is -0.348 e. The second-order valence-corrected chi connectivity index (χ2v) is 10.2. The number of halogens is 1. The maximum atomic E-state index is 13.0. The van der Waals surface area contributed by atoms with Crippen LogP contribution in [-0.4, -0.2) is 30.0 Å². The van der Waals surface area contributed by atoms with Crippen LogP contribution < -0.4 is 10.6 Å². The normalized spacial score (nSPS) is 18.4. The first-order chi connectivity index (χ1) is 16.5. The Balaban J connectivity index is 1.30. The fourth-order valence-corrected chi connectivity index (χ4v) is 5.85. The first-order valence-corrected chi connectivity index (χ1v) is 12.7. The summed E-state index contributed by atoms with van der Waals surface area (Å²) in [4.78, 5) is 17.5. The summed E-state index contributed by atoms with van der Waals surface area (Å²) in [6.07, 6.45) is 7.06. The fourth-order valence-electron chi connectivity index (χ4n) is 5.62. The van der Waals surface area contributed by atoms with Crippen molar-refractivity contribution in [1.82, 2.24) is 15.6 Å². The van der Waals surface area contributed by atoms with Gasteiger partial charge in [-0.05, 0) is 117 Å². The average Bonchev–Trinajstić information content (AvgIpc) is 2.85. The molecule has 2 aromatic carbocycles. The standard InChI is InChI=1S/C29H32ClN3O/c1-18-3-7-26(20-11-13-31-14-12-20)27-16-23(6-9-25(18)27)33-29(34)28-10-4-21(17-32-28)24-8-5-22(30)15-19(24)2/h3-5,7-8,10,15,17,20,23,31H,6,9,11-14,16H2,1-2H3,(H,33,34)/t23-/m0/s1. The van der Waals surface area contributed by atoms with Crippen LogP contribution in [0.15, 0.2) is 48.7 Å². The molecule has 0 bridgehead atoms. The molecule has 0 saturated carbocycles. The second-order valence-electron chi connectivity index (χ2n) is 9.76. The van der Waals surface area contributed by atoms with Gasteiger partial charge in [0.15, 0.2) is 0 Å². The van der Waals surface area contributed by atoms with Crippen LogP contribution in [0.1, 0.15) is 63.5 Å². The monoisotopic (exact) mass is 473 g/mol. The van der Waals surface area contributed by atoms with E-state index in [1.807, 2.05) is 37.3 Å². The van der Waals surface area contributed by atoms with Crippen molar-refractivity contribution in [3.05, 3.63) is 87.2 Å². The number of nitrogens with one attached hydrogen (secondary N) is 2. The molecule has 0 unspecified atom stereocenters. The Kier molecular flexibility index (Phi) is 6.71. The SMILES string of the molecule is Cc1cc(Cl)ccc1-c1ccc(C(=O)N[C@H]2CCc3c(C)ccc(C4CCNCC4)c3C2)nc1. The summed E-state index contributed by atoms with van der Waals surface area (Å²) in [5, 5.41) is 7.47. The van der Waals surface area contributed by atoms with Crippen molar-refractivity contribution in [2.24, 2.45) is 0 Å². The van der Waals surface area contributed by atoms with Gasteiger partial charge in [-0.25, -0.2) is 0 Å². The van der Waals surface area contributed by atoms with Gasteiger partial charge in [-0.15, -0.1) is 0 Å². The van der Waals surface area contributed by atoms with Gasteiger partial charge in [-0.1, -0.05) is 35.9 Å². The molecule has 0 spiro atoms. The number of rotatable bonds is 4. The van der Waals surface area contributed by atoms with Gasteiger partial charge in [-0.3, -0.25) is 9.78 Å². The number of hydrogen-bond acceptors (Lipinski definition) is 3. The Morgan fingerprint density at radius 1 is 1.00 bits per heavy atom. The van der Waals surface area contributed by atoms with Crippen molar-refractivity contribution < 1.29 is 4.79 Å². The minimum atomic E-state index is -0.0936. The summed E-state index contributed by atoms with van der Waals surface area (Å²) in [6, 6.07) is 14.4. The number of pyridine rings is 1. The molecule has 176 valence electrons. The predicted octanol–water partition coefficient (Wildman–Crippen LogP) is 5.77. The quantitative estimate of drug-likeness (QED) is 0.505. The molecule has 1 amide bonds. The molecule has 0 radical (unpaired) electrons. The van der Waals surface area contributed by atoms with Crippen LogP contribution in [0.4, 0.5) is 0 Å². The van der Waals surface area contributed by atoms with E-state index in [1.165, 1.54) is 35.1 Å². The highest BCUT2D eigenvalue weighted by molar-refractivity contribution is 6.30. The van der Waals surface area contributed by atoms with Crippen LogP contribution in [-0.2, 0) is 12.8 Å². The van der Waals surface area contributed by atoms with Crippen molar-refractivity contribution >= 4 is 17.5 Å². The number of amides is 1. The van der Waals surface area contributed by atoms with Crippen LogP contribution in [0.5, 0.6) is 0 Å². The van der Waals surface area contributed by atoms with Crippen LogP contribution in [0.3, 0.4) is 0 Å². The number of piperidine rings is 1. The first-order valence-electron chi connectivity index (χ1n) is 12.3. The second kappa shape index (κ2) is 9.89. The first kappa shape index (κ1) is 23.1. The molecule has 1 aromatic heterocycles. The van der Waals surface area contributed by atoms with E-state index >= 15 is 0 Å². The van der Waals surface area contributed by atoms with Crippen LogP contribution >= 0.6 is 11.6 Å². The summed E-state index contributed by atoms with van der Waals surface area (Å²) >= 11 is 6.09. The molecule has 1 saturated heterocycles. The summed E-state index contributed by atoms with van der Waals surface area (Å²) in [5.41, 5.74) is 9.48. The lowest BCUT2D eigenvalue weighted by Crippen LogP contribution is -2.40. The minimum absolute atomic E-state index is 0.0936. The Morgan fingerprint density at radius 2 is 1.82 bits per heavy atom. The molecule has 1 aliphatic heterocycles. The van der Waals surface area contributed by atoms with Crippen LogP contribution in [0.25, 0.3) is 11.1 Å². The van der Waals surface area contributed by atoms with Crippen molar-refractivity contribution in [2.45, 2.75) is 57.9 Å². The highest BCUT2D eigenvalue weighted by atomic mass is 35.5. The average molecular weight is 474 g/mol. The van der Waals surface area contributed by atoms with Gasteiger partial charge in [-0.2, -0.15) is 0 Å². The molecule has 2 aliphatic rings. The lowest BCUT2D eigenvalue weighted by atomic mass is 9.77. The van der Waals surface area contributed by atoms with Crippen molar-refractivity contribution in [2.75, 3.05) is 13.1 Å². The molecule has 5 rings (SSSR count). The number of carbonyl (C=O) groups is 1. The maximum Gasteiger partial charge on any atom is 0.270 e. The molecule has 1 aliphatic carbocycles. The Hall–Kier alpha value is -2.69. The molecule has 2 heterocycles. The van der Waals surface area contributed by atoms with E-state index in [2.05, 4.69) is 34.7 Å². The van der Waals surface area contributed by atoms with Gasteiger partial charge in [0.25, 0.3) is 5.91 Å². The molecule has 1 fully saturated rings. The van der Waals surface area contributed by atoms with E-state index in [-0.39, 0.29) is 11.9 Å². The Bertz CT molecular complexity index is 1200. The van der Waals surface area contributed by atoms with Crippen LogP contribution in [0, 0.1) is 13.8 Å². The molecule has 4 nitrogen and oxygen atoms in total. The number of nitrogens with zero attached hydrogens (tertiary/aromatic N) is 1. The number of aromatic nitrogens is 1.